The molecule has 0 atom stereocenters. The van der Waals surface area contributed by atoms with Crippen LogP contribution < -0.4 is 16.0 Å². The van der Waals surface area contributed by atoms with Crippen LogP contribution in [-0.2, 0) is 31.2 Å². The topological polar surface area (TPSA) is 92.6 Å². The Labute approximate surface area is 186 Å². The van der Waals surface area contributed by atoms with Gasteiger partial charge in [0.05, 0.1) is 12.2 Å². The summed E-state index contributed by atoms with van der Waals surface area (Å²) >= 11 is 0. The molecule has 0 aliphatic heterocycles. The highest BCUT2D eigenvalue weighted by molar-refractivity contribution is 14.0. The number of rotatable bonds is 8. The fraction of sp³-hybridized carbons (Fsp3) is 0.737. The van der Waals surface area contributed by atoms with Gasteiger partial charge >= 0.3 is 6.09 Å². The van der Waals surface area contributed by atoms with Crippen LogP contribution in [0.15, 0.2) is 4.99 Å². The normalized spacial score (nSPS) is 11.6. The third kappa shape index (κ3) is 9.11. The lowest BCUT2D eigenvalue weighted by Crippen LogP contribution is -2.42. The second-order valence-corrected chi connectivity index (χ2v) is 7.25. The molecular formula is C19H37IN6O2. The molecule has 28 heavy (non-hydrogen) atoms. The van der Waals surface area contributed by atoms with Crippen molar-refractivity contribution in [2.45, 2.75) is 66.5 Å². The van der Waals surface area contributed by atoms with E-state index in [1.165, 1.54) is 11.3 Å². The minimum Gasteiger partial charge on any atom is -0.444 e. The van der Waals surface area contributed by atoms with Crippen molar-refractivity contribution >= 4 is 36.0 Å². The smallest absolute Gasteiger partial charge is 0.407 e. The second-order valence-electron chi connectivity index (χ2n) is 7.25. The molecule has 1 aromatic heterocycles. The standard InChI is InChI=1S/C19H36N6O2.HI/c1-8-15-14(16(9-2)25(7)24-15)13-23-17(20-10-3)21-11-12-22-18(26)27-19(4,5)6;/h8-13H2,1-7H3,(H,22,26)(H2,20,21,23);1H. The highest BCUT2D eigenvalue weighted by atomic mass is 127. The predicted octanol–water partition coefficient (Wildman–Crippen LogP) is 2.74. The number of amides is 1. The van der Waals surface area contributed by atoms with Gasteiger partial charge in [-0.05, 0) is 40.5 Å². The summed E-state index contributed by atoms with van der Waals surface area (Å²) in [4.78, 5) is 16.4. The molecule has 0 radical (unpaired) electrons. The Bertz CT molecular complexity index is 637. The van der Waals surface area contributed by atoms with Crippen LogP contribution in [0, 0.1) is 0 Å². The van der Waals surface area contributed by atoms with E-state index in [0.29, 0.717) is 19.6 Å². The Morgan fingerprint density at radius 2 is 1.75 bits per heavy atom. The van der Waals surface area contributed by atoms with Crippen molar-refractivity contribution in [2.75, 3.05) is 19.6 Å². The van der Waals surface area contributed by atoms with E-state index in [1.54, 1.807) is 0 Å². The number of carbonyl (C=O) groups excluding carboxylic acids is 1. The number of aryl methyl sites for hydroxylation is 2. The van der Waals surface area contributed by atoms with Crippen LogP contribution >= 0.6 is 24.0 Å². The molecule has 162 valence electrons. The first-order valence-electron chi connectivity index (χ1n) is 9.74. The van der Waals surface area contributed by atoms with Gasteiger partial charge in [0, 0.05) is 37.9 Å². The molecule has 0 aliphatic rings. The van der Waals surface area contributed by atoms with Gasteiger partial charge in [-0.25, -0.2) is 9.79 Å². The molecule has 0 spiro atoms. The van der Waals surface area contributed by atoms with Gasteiger partial charge < -0.3 is 20.7 Å². The number of hydrogen-bond acceptors (Lipinski definition) is 4. The largest absolute Gasteiger partial charge is 0.444 e. The van der Waals surface area contributed by atoms with E-state index in [2.05, 4.69) is 39.9 Å². The maximum Gasteiger partial charge on any atom is 0.407 e. The molecule has 0 aliphatic carbocycles. The Morgan fingerprint density at radius 3 is 2.29 bits per heavy atom. The van der Waals surface area contributed by atoms with E-state index < -0.39 is 11.7 Å². The van der Waals surface area contributed by atoms with E-state index in [4.69, 9.17) is 4.74 Å². The van der Waals surface area contributed by atoms with Crippen molar-refractivity contribution in [1.82, 2.24) is 25.7 Å². The van der Waals surface area contributed by atoms with Crippen LogP contribution in [0.3, 0.4) is 0 Å². The molecule has 1 heterocycles. The van der Waals surface area contributed by atoms with E-state index in [9.17, 15) is 4.79 Å². The first-order valence-corrected chi connectivity index (χ1v) is 9.74. The van der Waals surface area contributed by atoms with Crippen molar-refractivity contribution in [3.05, 3.63) is 17.0 Å². The molecule has 0 bridgehead atoms. The maximum atomic E-state index is 11.7. The number of ether oxygens (including phenoxy) is 1. The van der Waals surface area contributed by atoms with E-state index in [0.717, 1.165) is 31.0 Å². The molecule has 9 heteroatoms. The molecule has 0 unspecified atom stereocenters. The number of alkyl carbamates (subject to hydrolysis) is 1. The Hall–Kier alpha value is -1.52. The second kappa shape index (κ2) is 12.8. The van der Waals surface area contributed by atoms with Crippen molar-refractivity contribution in [2.24, 2.45) is 12.0 Å². The van der Waals surface area contributed by atoms with Crippen molar-refractivity contribution < 1.29 is 9.53 Å². The van der Waals surface area contributed by atoms with Crippen LogP contribution in [0.5, 0.6) is 0 Å². The van der Waals surface area contributed by atoms with E-state index in [-0.39, 0.29) is 24.0 Å². The number of hydrogen-bond donors (Lipinski definition) is 3. The Balaban J connectivity index is 0.00000729. The Morgan fingerprint density at radius 1 is 1.11 bits per heavy atom. The number of nitrogens with zero attached hydrogens (tertiary/aromatic N) is 3. The number of nitrogens with one attached hydrogen (secondary N) is 3. The molecule has 0 fully saturated rings. The molecule has 3 N–H and O–H groups in total. The summed E-state index contributed by atoms with van der Waals surface area (Å²) in [5.74, 6) is 0.719. The summed E-state index contributed by atoms with van der Waals surface area (Å²) in [6.07, 6.45) is 1.41. The van der Waals surface area contributed by atoms with Crippen LogP contribution in [0.4, 0.5) is 4.79 Å². The van der Waals surface area contributed by atoms with Crippen LogP contribution in [-0.4, -0.2) is 47.1 Å². The average molecular weight is 508 g/mol. The lowest BCUT2D eigenvalue weighted by atomic mass is 10.1. The Kier molecular flexibility index (Phi) is 12.1. The van der Waals surface area contributed by atoms with Crippen LogP contribution in [0.2, 0.25) is 0 Å². The summed E-state index contributed by atoms with van der Waals surface area (Å²) < 4.78 is 7.17. The molecule has 1 amide bonds. The van der Waals surface area contributed by atoms with Gasteiger partial charge in [-0.15, -0.1) is 24.0 Å². The zero-order valence-corrected chi connectivity index (χ0v) is 20.6. The van der Waals surface area contributed by atoms with Gasteiger partial charge in [-0.2, -0.15) is 5.10 Å². The molecule has 0 saturated carbocycles. The first-order chi connectivity index (χ1) is 12.7. The molecule has 1 rings (SSSR count). The zero-order chi connectivity index (χ0) is 20.4. The van der Waals surface area contributed by atoms with Crippen LogP contribution in [0.25, 0.3) is 0 Å². The highest BCUT2D eigenvalue weighted by Crippen LogP contribution is 2.16. The number of halogens is 1. The molecule has 0 saturated heterocycles. The van der Waals surface area contributed by atoms with Crippen molar-refractivity contribution in [3.8, 4) is 0 Å². The first kappa shape index (κ1) is 26.5. The molecule has 8 nitrogen and oxygen atoms in total. The van der Waals surface area contributed by atoms with E-state index >= 15 is 0 Å². The monoisotopic (exact) mass is 508 g/mol. The average Bonchev–Trinajstić information content (AvgIpc) is 2.89. The number of guanidine groups is 1. The minimum atomic E-state index is -0.494. The van der Waals surface area contributed by atoms with Crippen molar-refractivity contribution in [3.63, 3.8) is 0 Å². The summed E-state index contributed by atoms with van der Waals surface area (Å²) in [5.41, 5.74) is 3.02. The quantitative estimate of drug-likeness (QED) is 0.217. The number of carbonyl (C=O) groups is 1. The van der Waals surface area contributed by atoms with Gasteiger partial charge in [0.15, 0.2) is 5.96 Å². The summed E-state index contributed by atoms with van der Waals surface area (Å²) in [6.45, 7) is 14.1. The van der Waals surface area contributed by atoms with Crippen molar-refractivity contribution in [1.29, 1.82) is 0 Å². The van der Waals surface area contributed by atoms with Gasteiger partial charge in [-0.1, -0.05) is 13.8 Å². The molecular weight excluding hydrogens is 471 g/mol. The van der Waals surface area contributed by atoms with Gasteiger partial charge in [0.1, 0.15) is 5.60 Å². The highest BCUT2D eigenvalue weighted by Gasteiger charge is 2.15. The number of aliphatic imine (C=N–C) groups is 1. The molecule has 1 aromatic rings. The fourth-order valence-electron chi connectivity index (χ4n) is 2.73. The predicted molar refractivity (Wildman–Crippen MR) is 124 cm³/mol. The molecule has 0 aromatic carbocycles. The van der Waals surface area contributed by atoms with Gasteiger partial charge in [0.25, 0.3) is 0 Å². The third-order valence-electron chi connectivity index (χ3n) is 3.85. The summed E-state index contributed by atoms with van der Waals surface area (Å²) in [7, 11) is 1.98. The fourth-order valence-corrected chi connectivity index (χ4v) is 2.73. The summed E-state index contributed by atoms with van der Waals surface area (Å²) in [5, 5.41) is 13.8. The third-order valence-corrected chi connectivity index (χ3v) is 3.85. The number of aromatic nitrogens is 2. The zero-order valence-electron chi connectivity index (χ0n) is 18.3. The SMILES string of the molecule is CCNC(=NCc1c(CC)nn(C)c1CC)NCCNC(=O)OC(C)(C)C.I. The van der Waals surface area contributed by atoms with E-state index in [1.807, 2.05) is 39.4 Å². The summed E-state index contributed by atoms with van der Waals surface area (Å²) in [6, 6.07) is 0. The van der Waals surface area contributed by atoms with Gasteiger partial charge in [0.2, 0.25) is 0 Å². The lowest BCUT2D eigenvalue weighted by Gasteiger charge is -2.20. The maximum absolute atomic E-state index is 11.7. The van der Waals surface area contributed by atoms with Crippen LogP contribution in [0.1, 0.15) is 58.5 Å². The van der Waals surface area contributed by atoms with Gasteiger partial charge in [-0.3, -0.25) is 4.68 Å². The minimum absolute atomic E-state index is 0. The lowest BCUT2D eigenvalue weighted by molar-refractivity contribution is 0.0529.